The number of pyridine rings is 1. The Hall–Kier alpha value is -3.01. The molecule has 2 saturated heterocycles. The number of likely N-dealkylation sites (tertiary alicyclic amines) is 1. The van der Waals surface area contributed by atoms with E-state index in [9.17, 15) is 14.7 Å². The van der Waals surface area contributed by atoms with Gasteiger partial charge in [-0.3, -0.25) is 4.79 Å². The number of methoxy groups -OCH3 is 1. The molecule has 0 bridgehead atoms. The van der Waals surface area contributed by atoms with Gasteiger partial charge < -0.3 is 24.2 Å². The summed E-state index contributed by atoms with van der Waals surface area (Å²) in [6, 6.07) is 15.6. The molecule has 5 rings (SSSR count). The van der Waals surface area contributed by atoms with Gasteiger partial charge in [-0.2, -0.15) is 0 Å². The molecule has 8 nitrogen and oxygen atoms in total. The largest absolute Gasteiger partial charge is 0.481 e. The maximum Gasteiger partial charge on any atom is 0.326 e. The quantitative estimate of drug-likeness (QED) is 0.362. The monoisotopic (exact) mass is 610 g/mol. The minimum absolute atomic E-state index is 0.132. The second kappa shape index (κ2) is 11.5. The van der Waals surface area contributed by atoms with Gasteiger partial charge in [-0.15, -0.1) is 0 Å². The van der Waals surface area contributed by atoms with Crippen LogP contribution >= 0.6 is 15.9 Å². The predicted octanol–water partition coefficient (Wildman–Crippen LogP) is 5.77. The summed E-state index contributed by atoms with van der Waals surface area (Å²) in [4.78, 5) is 33.2. The maximum atomic E-state index is 14.0. The van der Waals surface area contributed by atoms with Crippen LogP contribution in [0.2, 0.25) is 0 Å². The molecule has 2 fully saturated rings. The number of hydrogen-bond donors (Lipinski definition) is 1. The number of carboxylic acids is 1. The predicted molar refractivity (Wildman–Crippen MR) is 154 cm³/mol. The fourth-order valence-electron chi connectivity index (χ4n) is 6.18. The number of carboxylic acid groups (broad SMARTS) is 1. The number of hydrogen-bond acceptors (Lipinski definition) is 6. The van der Waals surface area contributed by atoms with E-state index >= 15 is 0 Å². The molecule has 0 aliphatic carbocycles. The highest BCUT2D eigenvalue weighted by Crippen LogP contribution is 2.51. The van der Waals surface area contributed by atoms with E-state index in [1.807, 2.05) is 75.4 Å². The van der Waals surface area contributed by atoms with Crippen molar-refractivity contribution < 1.29 is 28.9 Å². The van der Waals surface area contributed by atoms with Crippen LogP contribution in [0.15, 0.2) is 59.1 Å². The second-order valence-corrected chi connectivity index (χ2v) is 12.4. The Morgan fingerprint density at radius 2 is 1.88 bits per heavy atom. The van der Waals surface area contributed by atoms with Crippen molar-refractivity contribution in [3.05, 3.63) is 70.2 Å². The van der Waals surface area contributed by atoms with Crippen molar-refractivity contribution in [1.29, 1.82) is 0 Å². The number of nitrogens with zero attached hydrogens (tertiary/aromatic N) is 2. The lowest BCUT2D eigenvalue weighted by Gasteiger charge is -2.35. The molecule has 3 aromatic rings. The van der Waals surface area contributed by atoms with Crippen molar-refractivity contribution in [2.45, 2.75) is 64.5 Å². The third-order valence-corrected chi connectivity index (χ3v) is 8.65. The van der Waals surface area contributed by atoms with Crippen LogP contribution in [0.4, 0.5) is 0 Å². The summed E-state index contributed by atoms with van der Waals surface area (Å²) in [7, 11) is 1.57. The van der Waals surface area contributed by atoms with Gasteiger partial charge in [-0.25, -0.2) is 9.78 Å². The fraction of sp³-hybridized carbons (Fsp3) is 0.452. The zero-order chi connectivity index (χ0) is 28.6. The van der Waals surface area contributed by atoms with Gasteiger partial charge in [0.2, 0.25) is 5.88 Å². The molecule has 0 radical (unpaired) electrons. The summed E-state index contributed by atoms with van der Waals surface area (Å²) in [6.45, 7) is 6.62. The molecule has 1 aromatic heterocycles. The number of ether oxygens (including phenoxy) is 3. The molecular formula is C31H35BrN2O6. The zero-order valence-corrected chi connectivity index (χ0v) is 24.8. The van der Waals surface area contributed by atoms with Crippen molar-refractivity contribution in [2.75, 3.05) is 13.7 Å². The van der Waals surface area contributed by atoms with E-state index in [2.05, 4.69) is 20.9 Å². The molecule has 0 saturated carbocycles. The highest BCUT2D eigenvalue weighted by molar-refractivity contribution is 9.10. The summed E-state index contributed by atoms with van der Waals surface area (Å²) in [5.41, 5.74) is 1.84. The van der Waals surface area contributed by atoms with Crippen molar-refractivity contribution in [2.24, 2.45) is 11.3 Å². The molecule has 0 unspecified atom stereocenters. The Bertz CT molecular complexity index is 1400. The van der Waals surface area contributed by atoms with E-state index in [0.29, 0.717) is 18.9 Å². The van der Waals surface area contributed by atoms with Crippen LogP contribution in [-0.2, 0) is 25.7 Å². The second-order valence-electron chi connectivity index (χ2n) is 11.5. The van der Waals surface area contributed by atoms with E-state index in [1.54, 1.807) is 7.11 Å². The highest BCUT2D eigenvalue weighted by Gasteiger charge is 2.59. The Morgan fingerprint density at radius 3 is 2.52 bits per heavy atom. The van der Waals surface area contributed by atoms with Gasteiger partial charge in [-0.1, -0.05) is 73.1 Å². The average molecular weight is 612 g/mol. The van der Waals surface area contributed by atoms with Crippen LogP contribution in [0.5, 0.6) is 5.88 Å². The molecule has 2 aliphatic heterocycles. The van der Waals surface area contributed by atoms with Gasteiger partial charge in [0.1, 0.15) is 12.1 Å². The van der Waals surface area contributed by atoms with Crippen molar-refractivity contribution >= 4 is 38.7 Å². The average Bonchev–Trinajstić information content (AvgIpc) is 3.58. The van der Waals surface area contributed by atoms with E-state index in [4.69, 9.17) is 14.2 Å². The Labute approximate surface area is 242 Å². The van der Waals surface area contributed by atoms with E-state index < -0.39 is 41.6 Å². The third-order valence-electron chi connectivity index (χ3n) is 7.93. The molecule has 40 heavy (non-hydrogen) atoms. The highest BCUT2D eigenvalue weighted by atomic mass is 79.9. The molecule has 2 aromatic carbocycles. The first-order chi connectivity index (χ1) is 19.1. The van der Waals surface area contributed by atoms with Gasteiger partial charge in [0.25, 0.3) is 5.91 Å². The number of benzene rings is 2. The molecule has 212 valence electrons. The van der Waals surface area contributed by atoms with Gasteiger partial charge >= 0.3 is 5.97 Å². The van der Waals surface area contributed by atoms with Crippen molar-refractivity contribution in [1.82, 2.24) is 9.88 Å². The van der Waals surface area contributed by atoms with Gasteiger partial charge in [0.05, 0.1) is 31.4 Å². The van der Waals surface area contributed by atoms with Crippen LogP contribution in [0, 0.1) is 11.3 Å². The maximum absolute atomic E-state index is 14.0. The minimum Gasteiger partial charge on any atom is -0.481 e. The van der Waals surface area contributed by atoms with E-state index in [1.165, 1.54) is 4.90 Å². The molecular weight excluding hydrogens is 576 g/mol. The summed E-state index contributed by atoms with van der Waals surface area (Å²) < 4.78 is 18.9. The van der Waals surface area contributed by atoms with E-state index in [0.717, 1.165) is 32.9 Å². The molecule has 1 N–H and O–H groups in total. The van der Waals surface area contributed by atoms with E-state index in [-0.39, 0.29) is 12.5 Å². The molecule has 5 atom stereocenters. The molecule has 9 heteroatoms. The fourth-order valence-corrected chi connectivity index (χ4v) is 6.70. The van der Waals surface area contributed by atoms with Crippen LogP contribution in [0.1, 0.15) is 50.8 Å². The lowest BCUT2D eigenvalue weighted by Crippen LogP contribution is -2.50. The first-order valence-corrected chi connectivity index (χ1v) is 14.4. The van der Waals surface area contributed by atoms with Crippen molar-refractivity contribution in [3.63, 3.8) is 0 Å². The number of carbonyl (C=O) groups is 2. The number of aromatic nitrogens is 1. The minimum atomic E-state index is -1.10. The lowest BCUT2D eigenvalue weighted by atomic mass is 9.73. The van der Waals surface area contributed by atoms with Crippen LogP contribution in [0.25, 0.3) is 10.9 Å². The summed E-state index contributed by atoms with van der Waals surface area (Å²) in [5.74, 6) is -1.44. The first kappa shape index (κ1) is 28.5. The molecule has 0 spiro atoms. The zero-order valence-electron chi connectivity index (χ0n) is 23.2. The topological polar surface area (TPSA) is 98.2 Å². The smallest absolute Gasteiger partial charge is 0.326 e. The number of fused-ring (bicyclic) bond motifs is 1. The number of rotatable bonds is 7. The number of aliphatic carboxylic acids is 1. The third kappa shape index (κ3) is 5.34. The molecule has 2 aliphatic rings. The SMILES string of the molecule is COc1nc2ccccc2cc1CO[C@H]1[C@H](C(C)(C)C)[C@@H](C(=O)O)N(C(=O)[C@@H]2CCCO2)[C@H]1c1ccccc1Br. The number of carbonyl (C=O) groups excluding carboxylic acids is 1. The van der Waals surface area contributed by atoms with Crippen LogP contribution in [0.3, 0.4) is 0 Å². The summed E-state index contributed by atoms with van der Waals surface area (Å²) in [5, 5.41) is 11.6. The number of para-hydroxylation sites is 1. The Balaban J connectivity index is 1.62. The molecule has 3 heterocycles. The van der Waals surface area contributed by atoms with Crippen molar-refractivity contribution in [3.8, 4) is 5.88 Å². The number of halogens is 1. The first-order valence-electron chi connectivity index (χ1n) is 13.6. The Morgan fingerprint density at radius 1 is 1.15 bits per heavy atom. The summed E-state index contributed by atoms with van der Waals surface area (Å²) >= 11 is 3.67. The normalized spacial score (nSPS) is 24.9. The molecule has 1 amide bonds. The van der Waals surface area contributed by atoms with Crippen LogP contribution in [-0.4, -0.2) is 58.8 Å². The summed E-state index contributed by atoms with van der Waals surface area (Å²) in [6.07, 6.45) is 0.0204. The number of amides is 1. The standard InChI is InChI=1S/C31H35BrN2O6/c1-31(2,3)24-26(30(36)37)34(29(35)23-14-9-15-39-23)25(20-11-6-7-12-21(20)32)27(24)40-17-19-16-18-10-5-8-13-22(18)33-28(19)38-4/h5-8,10-13,16,23-27H,9,14-15,17H2,1-4H3,(H,36,37)/t23-,24+,25-,26-,27-/m0/s1. The Kier molecular flexibility index (Phi) is 8.17. The van der Waals surface area contributed by atoms with Gasteiger partial charge in [0.15, 0.2) is 0 Å². The lowest BCUT2D eigenvalue weighted by molar-refractivity contribution is -0.156. The van der Waals surface area contributed by atoms with Gasteiger partial charge in [-0.05, 0) is 42.0 Å². The van der Waals surface area contributed by atoms with Gasteiger partial charge in [0, 0.05) is 27.9 Å². The van der Waals surface area contributed by atoms with Crippen LogP contribution < -0.4 is 4.74 Å².